The number of carbonyl (C=O) groups excluding carboxylic acids is 1. The van der Waals surface area contributed by atoms with Crippen molar-refractivity contribution < 1.29 is 14.3 Å². The van der Waals surface area contributed by atoms with E-state index in [0.717, 1.165) is 17.1 Å². The monoisotopic (exact) mass is 342 g/mol. The zero-order valence-corrected chi connectivity index (χ0v) is 15.3. The summed E-state index contributed by atoms with van der Waals surface area (Å²) in [4.78, 5) is 11.8. The van der Waals surface area contributed by atoms with E-state index in [9.17, 15) is 4.79 Å². The fourth-order valence-electron chi connectivity index (χ4n) is 2.38. The SMILES string of the molecule is CCOC(=O)Nc1ccc(OCC)cc1Nc1ccc(C(C)C)cc1. The molecule has 25 heavy (non-hydrogen) atoms. The Morgan fingerprint density at radius 3 is 2.32 bits per heavy atom. The van der Waals surface area contributed by atoms with Gasteiger partial charge in [0.05, 0.1) is 24.6 Å². The standard InChI is InChI=1S/C20H26N2O3/c1-5-24-17-11-12-18(22-20(23)25-6-2)19(13-17)21-16-9-7-15(8-10-16)14(3)4/h7-14,21H,5-6H2,1-4H3,(H,22,23). The fourth-order valence-corrected chi connectivity index (χ4v) is 2.38. The van der Waals surface area contributed by atoms with Crippen molar-refractivity contribution in [2.24, 2.45) is 0 Å². The average molecular weight is 342 g/mol. The van der Waals surface area contributed by atoms with Gasteiger partial charge in [-0.25, -0.2) is 4.79 Å². The molecule has 2 N–H and O–H groups in total. The average Bonchev–Trinajstić information content (AvgIpc) is 2.58. The number of ether oxygens (including phenoxy) is 2. The largest absolute Gasteiger partial charge is 0.494 e. The highest BCUT2D eigenvalue weighted by Crippen LogP contribution is 2.30. The van der Waals surface area contributed by atoms with Crippen LogP contribution < -0.4 is 15.4 Å². The van der Waals surface area contributed by atoms with Crippen molar-refractivity contribution in [1.29, 1.82) is 0 Å². The van der Waals surface area contributed by atoms with Gasteiger partial charge in [-0.05, 0) is 49.6 Å². The molecule has 2 aromatic rings. The summed E-state index contributed by atoms with van der Waals surface area (Å²) in [6.07, 6.45) is -0.482. The summed E-state index contributed by atoms with van der Waals surface area (Å²) in [5, 5.41) is 6.09. The van der Waals surface area contributed by atoms with Crippen LogP contribution in [-0.4, -0.2) is 19.3 Å². The van der Waals surface area contributed by atoms with Crippen LogP contribution in [0, 0.1) is 0 Å². The molecule has 0 unspecified atom stereocenters. The molecule has 0 aliphatic carbocycles. The Labute approximate surface area is 149 Å². The van der Waals surface area contributed by atoms with Crippen LogP contribution in [0.4, 0.5) is 21.9 Å². The molecule has 2 rings (SSSR count). The maximum absolute atomic E-state index is 11.8. The molecule has 0 heterocycles. The Hall–Kier alpha value is -2.69. The second-order valence-electron chi connectivity index (χ2n) is 5.89. The van der Waals surface area contributed by atoms with Crippen LogP contribution in [0.5, 0.6) is 5.75 Å². The molecule has 0 saturated heterocycles. The van der Waals surface area contributed by atoms with E-state index in [0.29, 0.717) is 24.8 Å². The van der Waals surface area contributed by atoms with Crippen molar-refractivity contribution in [3.8, 4) is 5.75 Å². The van der Waals surface area contributed by atoms with Crippen molar-refractivity contribution >= 4 is 23.2 Å². The van der Waals surface area contributed by atoms with E-state index in [1.165, 1.54) is 5.56 Å². The maximum atomic E-state index is 11.8. The molecular weight excluding hydrogens is 316 g/mol. The molecule has 1 amide bonds. The van der Waals surface area contributed by atoms with Crippen molar-refractivity contribution in [2.45, 2.75) is 33.6 Å². The van der Waals surface area contributed by atoms with E-state index in [1.807, 2.05) is 31.2 Å². The van der Waals surface area contributed by atoms with Gasteiger partial charge in [0.2, 0.25) is 0 Å². The number of rotatable bonds is 7. The lowest BCUT2D eigenvalue weighted by Gasteiger charge is -2.15. The van der Waals surface area contributed by atoms with Gasteiger partial charge < -0.3 is 14.8 Å². The number of hydrogen-bond acceptors (Lipinski definition) is 4. The first-order chi connectivity index (χ1) is 12.0. The molecule has 5 nitrogen and oxygen atoms in total. The Morgan fingerprint density at radius 1 is 1.00 bits per heavy atom. The zero-order valence-electron chi connectivity index (χ0n) is 15.3. The third kappa shape index (κ3) is 5.41. The highest BCUT2D eigenvalue weighted by molar-refractivity contribution is 5.91. The van der Waals surface area contributed by atoms with Gasteiger partial charge in [0.15, 0.2) is 0 Å². The van der Waals surface area contributed by atoms with Crippen LogP contribution in [0.15, 0.2) is 42.5 Å². The summed E-state index contributed by atoms with van der Waals surface area (Å²) in [5.41, 5.74) is 3.59. The Bertz CT molecular complexity index is 697. The Balaban J connectivity index is 2.25. The first kappa shape index (κ1) is 18.6. The highest BCUT2D eigenvalue weighted by atomic mass is 16.5. The van der Waals surface area contributed by atoms with Gasteiger partial charge in [0.25, 0.3) is 0 Å². The molecular formula is C20H26N2O3. The van der Waals surface area contributed by atoms with E-state index >= 15 is 0 Å². The van der Waals surface area contributed by atoms with Gasteiger partial charge in [0, 0.05) is 11.8 Å². The first-order valence-corrected chi connectivity index (χ1v) is 8.61. The Kier molecular flexibility index (Phi) is 6.69. The van der Waals surface area contributed by atoms with E-state index < -0.39 is 6.09 Å². The lowest BCUT2D eigenvalue weighted by molar-refractivity contribution is 0.168. The zero-order chi connectivity index (χ0) is 18.2. The van der Waals surface area contributed by atoms with Crippen LogP contribution in [0.25, 0.3) is 0 Å². The van der Waals surface area contributed by atoms with Gasteiger partial charge in [-0.15, -0.1) is 0 Å². The maximum Gasteiger partial charge on any atom is 0.411 e. The molecule has 134 valence electrons. The van der Waals surface area contributed by atoms with Gasteiger partial charge in [0.1, 0.15) is 5.75 Å². The summed E-state index contributed by atoms with van der Waals surface area (Å²) in [7, 11) is 0. The summed E-state index contributed by atoms with van der Waals surface area (Å²) in [6, 6.07) is 13.7. The number of anilines is 3. The number of nitrogens with one attached hydrogen (secondary N) is 2. The van der Waals surface area contributed by atoms with Crippen molar-refractivity contribution in [1.82, 2.24) is 0 Å². The van der Waals surface area contributed by atoms with E-state index in [2.05, 4.69) is 36.6 Å². The lowest BCUT2D eigenvalue weighted by atomic mass is 10.0. The minimum Gasteiger partial charge on any atom is -0.494 e. The molecule has 0 aromatic heterocycles. The molecule has 0 saturated carbocycles. The quantitative estimate of drug-likeness (QED) is 0.695. The molecule has 2 aromatic carbocycles. The van der Waals surface area contributed by atoms with Gasteiger partial charge >= 0.3 is 6.09 Å². The second kappa shape index (κ2) is 8.97. The molecule has 0 fully saturated rings. The summed E-state index contributed by atoms with van der Waals surface area (Å²) >= 11 is 0. The van der Waals surface area contributed by atoms with Gasteiger partial charge in [-0.1, -0.05) is 26.0 Å². The van der Waals surface area contributed by atoms with Crippen LogP contribution in [0.1, 0.15) is 39.2 Å². The van der Waals surface area contributed by atoms with Crippen molar-refractivity contribution in [3.63, 3.8) is 0 Å². The highest BCUT2D eigenvalue weighted by Gasteiger charge is 2.10. The smallest absolute Gasteiger partial charge is 0.411 e. The number of benzene rings is 2. The summed E-state index contributed by atoms with van der Waals surface area (Å²) < 4.78 is 10.5. The van der Waals surface area contributed by atoms with E-state index in [1.54, 1.807) is 13.0 Å². The number of amides is 1. The predicted octanol–water partition coefficient (Wildman–Crippen LogP) is 5.52. The normalized spacial score (nSPS) is 10.4. The summed E-state index contributed by atoms with van der Waals surface area (Å²) in [5.74, 6) is 1.22. The summed E-state index contributed by atoms with van der Waals surface area (Å²) in [6.45, 7) is 8.93. The third-order valence-electron chi connectivity index (χ3n) is 3.67. The van der Waals surface area contributed by atoms with E-state index in [-0.39, 0.29) is 0 Å². The first-order valence-electron chi connectivity index (χ1n) is 8.61. The fraction of sp³-hybridized carbons (Fsp3) is 0.350. The van der Waals surface area contributed by atoms with Crippen molar-refractivity contribution in [3.05, 3.63) is 48.0 Å². The molecule has 0 atom stereocenters. The Morgan fingerprint density at radius 2 is 1.72 bits per heavy atom. The molecule has 0 bridgehead atoms. The molecule has 0 aliphatic heterocycles. The van der Waals surface area contributed by atoms with Crippen LogP contribution in [0.3, 0.4) is 0 Å². The van der Waals surface area contributed by atoms with Crippen LogP contribution >= 0.6 is 0 Å². The van der Waals surface area contributed by atoms with Crippen LogP contribution in [0.2, 0.25) is 0 Å². The van der Waals surface area contributed by atoms with Gasteiger partial charge in [-0.2, -0.15) is 0 Å². The van der Waals surface area contributed by atoms with Crippen molar-refractivity contribution in [2.75, 3.05) is 23.8 Å². The van der Waals surface area contributed by atoms with Gasteiger partial charge in [-0.3, -0.25) is 5.32 Å². The molecule has 5 heteroatoms. The van der Waals surface area contributed by atoms with E-state index in [4.69, 9.17) is 9.47 Å². The second-order valence-corrected chi connectivity index (χ2v) is 5.89. The number of carbonyl (C=O) groups is 1. The van der Waals surface area contributed by atoms with Crippen LogP contribution in [-0.2, 0) is 4.74 Å². The molecule has 0 aliphatic rings. The third-order valence-corrected chi connectivity index (χ3v) is 3.67. The lowest BCUT2D eigenvalue weighted by Crippen LogP contribution is -2.14. The predicted molar refractivity (Wildman–Crippen MR) is 102 cm³/mol. The molecule has 0 spiro atoms. The minimum absolute atomic E-state index is 0.322. The molecule has 0 radical (unpaired) electrons. The minimum atomic E-state index is -0.482. The number of hydrogen-bond donors (Lipinski definition) is 2. The topological polar surface area (TPSA) is 59.6 Å².